The predicted molar refractivity (Wildman–Crippen MR) is 128 cm³/mol. The van der Waals surface area contributed by atoms with Crippen molar-refractivity contribution in [3.8, 4) is 5.75 Å². The number of amides is 1. The van der Waals surface area contributed by atoms with Crippen molar-refractivity contribution in [3.05, 3.63) is 47.3 Å². The Balaban J connectivity index is 1.20. The summed E-state index contributed by atoms with van der Waals surface area (Å²) >= 11 is 1.72. The fourth-order valence-corrected chi connectivity index (χ4v) is 5.76. The topological polar surface area (TPSA) is 67.8 Å². The van der Waals surface area contributed by atoms with Crippen LogP contribution in [0, 0.1) is 6.92 Å². The number of para-hydroxylation sites is 1. The van der Waals surface area contributed by atoms with Crippen LogP contribution in [0.2, 0.25) is 0 Å². The molecule has 2 fully saturated rings. The monoisotopic (exact) mass is 468 g/mol. The van der Waals surface area contributed by atoms with Crippen LogP contribution in [0.15, 0.2) is 35.6 Å². The summed E-state index contributed by atoms with van der Waals surface area (Å²) in [7, 11) is 0. The summed E-state index contributed by atoms with van der Waals surface area (Å²) in [4.78, 5) is 27.2. The second kappa shape index (κ2) is 10.4. The van der Waals surface area contributed by atoms with Crippen molar-refractivity contribution < 1.29 is 14.3 Å². The van der Waals surface area contributed by atoms with E-state index in [1.54, 1.807) is 11.8 Å². The molecular weight excluding hydrogens is 436 g/mol. The number of rotatable bonds is 6. The molecule has 8 heteroatoms. The lowest BCUT2D eigenvalue weighted by atomic mass is 9.92. The Labute approximate surface area is 199 Å². The molecule has 1 aromatic carbocycles. The van der Waals surface area contributed by atoms with Gasteiger partial charge in [0.15, 0.2) is 11.3 Å². The van der Waals surface area contributed by atoms with Gasteiger partial charge in [-0.05, 0) is 37.0 Å². The molecule has 5 rings (SSSR count). The smallest absolute Gasteiger partial charge is 0.264 e. The number of nitrogens with zero attached hydrogens (tertiary/aromatic N) is 4. The molecule has 0 aliphatic carbocycles. The Morgan fingerprint density at radius 2 is 2.06 bits per heavy atom. The molecule has 1 aromatic heterocycles. The number of fused-ring (bicyclic) bond motifs is 1. The molecule has 3 aliphatic heterocycles. The first-order valence-electron chi connectivity index (χ1n) is 12.0. The first kappa shape index (κ1) is 22.6. The molecule has 0 saturated carbocycles. The third kappa shape index (κ3) is 5.34. The van der Waals surface area contributed by atoms with Crippen molar-refractivity contribution in [2.24, 2.45) is 0 Å². The molecule has 0 bridgehead atoms. The average molecular weight is 469 g/mol. The van der Waals surface area contributed by atoms with Crippen molar-refractivity contribution in [2.45, 2.75) is 43.4 Å². The molecule has 1 amide bonds. The normalized spacial score (nSPS) is 23.2. The molecule has 7 nitrogen and oxygen atoms in total. The highest BCUT2D eigenvalue weighted by atomic mass is 32.2. The third-order valence-electron chi connectivity index (χ3n) is 6.77. The summed E-state index contributed by atoms with van der Waals surface area (Å²) in [5.74, 6) is 2.16. The zero-order valence-electron chi connectivity index (χ0n) is 19.2. The van der Waals surface area contributed by atoms with Gasteiger partial charge in [-0.15, -0.1) is 0 Å². The lowest BCUT2D eigenvalue weighted by Crippen LogP contribution is -2.46. The summed E-state index contributed by atoms with van der Waals surface area (Å²) in [5.41, 5.74) is 3.32. The van der Waals surface area contributed by atoms with Crippen LogP contribution >= 0.6 is 11.8 Å². The van der Waals surface area contributed by atoms with Crippen LogP contribution in [-0.4, -0.2) is 83.5 Å². The summed E-state index contributed by atoms with van der Waals surface area (Å²) in [6.07, 6.45) is 4.23. The molecule has 2 unspecified atom stereocenters. The maximum atomic E-state index is 13.2. The number of aryl methyl sites for hydroxylation is 1. The quantitative estimate of drug-likeness (QED) is 0.477. The molecule has 0 N–H and O–H groups in total. The van der Waals surface area contributed by atoms with Gasteiger partial charge in [0.2, 0.25) is 0 Å². The van der Waals surface area contributed by atoms with E-state index in [1.807, 2.05) is 35.4 Å². The van der Waals surface area contributed by atoms with Crippen molar-refractivity contribution >= 4 is 17.7 Å². The van der Waals surface area contributed by atoms with E-state index in [0.29, 0.717) is 13.0 Å². The second-order valence-electron chi connectivity index (χ2n) is 9.07. The number of likely N-dealkylation sites (tertiary alicyclic amines) is 1. The lowest BCUT2D eigenvalue weighted by Gasteiger charge is -2.34. The Morgan fingerprint density at radius 1 is 1.21 bits per heavy atom. The zero-order valence-corrected chi connectivity index (χ0v) is 20.1. The summed E-state index contributed by atoms with van der Waals surface area (Å²) < 4.78 is 11.4. The Hall–Kier alpha value is -2.16. The minimum absolute atomic E-state index is 0.0997. The van der Waals surface area contributed by atoms with E-state index >= 15 is 0 Å². The highest BCUT2D eigenvalue weighted by Gasteiger charge is 2.35. The van der Waals surface area contributed by atoms with Crippen LogP contribution in [0.5, 0.6) is 5.75 Å². The van der Waals surface area contributed by atoms with Crippen LogP contribution in [0.1, 0.15) is 35.6 Å². The first-order valence-corrected chi connectivity index (χ1v) is 13.0. The Morgan fingerprint density at radius 3 is 2.91 bits per heavy atom. The van der Waals surface area contributed by atoms with E-state index in [1.165, 1.54) is 0 Å². The Bertz CT molecular complexity index is 957. The van der Waals surface area contributed by atoms with E-state index in [4.69, 9.17) is 14.5 Å². The van der Waals surface area contributed by atoms with E-state index in [0.717, 1.165) is 85.7 Å². The van der Waals surface area contributed by atoms with Crippen molar-refractivity contribution in [1.82, 2.24) is 19.8 Å². The number of benzene rings is 1. The van der Waals surface area contributed by atoms with Crippen molar-refractivity contribution in [3.63, 3.8) is 0 Å². The number of hydrogen-bond acceptors (Lipinski definition) is 7. The highest BCUT2D eigenvalue weighted by molar-refractivity contribution is 7.99. The summed E-state index contributed by atoms with van der Waals surface area (Å²) in [6.45, 7) is 8.24. The maximum absolute atomic E-state index is 13.2. The lowest BCUT2D eigenvalue weighted by molar-refractivity contribution is -0.139. The molecule has 4 heterocycles. The van der Waals surface area contributed by atoms with E-state index in [9.17, 15) is 4.79 Å². The molecule has 3 aliphatic rings. The van der Waals surface area contributed by atoms with Gasteiger partial charge in [-0.2, -0.15) is 0 Å². The van der Waals surface area contributed by atoms with Gasteiger partial charge in [0, 0.05) is 57.0 Å². The van der Waals surface area contributed by atoms with Gasteiger partial charge in [0.05, 0.1) is 18.9 Å². The van der Waals surface area contributed by atoms with Crippen molar-refractivity contribution in [1.29, 1.82) is 0 Å². The SMILES string of the molecule is Cc1cnc(SCCN2CCOCC2)nc1C1CCCN(C(=O)C2Cc3ccccc3O2)C1. The van der Waals surface area contributed by atoms with E-state index in [2.05, 4.69) is 16.8 Å². The molecule has 0 radical (unpaired) electrons. The molecule has 2 aromatic rings. The Kier molecular flexibility index (Phi) is 7.13. The number of ether oxygens (including phenoxy) is 2. The van der Waals surface area contributed by atoms with Gasteiger partial charge in [0.25, 0.3) is 5.91 Å². The van der Waals surface area contributed by atoms with Crippen LogP contribution in [0.3, 0.4) is 0 Å². The maximum Gasteiger partial charge on any atom is 0.264 e. The van der Waals surface area contributed by atoms with Gasteiger partial charge < -0.3 is 14.4 Å². The minimum Gasteiger partial charge on any atom is -0.480 e. The molecule has 2 saturated heterocycles. The van der Waals surface area contributed by atoms with Gasteiger partial charge in [-0.1, -0.05) is 30.0 Å². The standard InChI is InChI=1S/C25H32N4O3S/c1-18-16-26-25(33-14-11-28-9-12-31-13-10-28)27-23(18)20-6-4-8-29(17-20)24(30)22-15-19-5-2-3-7-21(19)32-22/h2-3,5,7,16,20,22H,4,6,8-15,17H2,1H3. The van der Waals surface area contributed by atoms with Crippen LogP contribution < -0.4 is 4.74 Å². The average Bonchev–Trinajstić information content (AvgIpc) is 3.30. The molecule has 2 atom stereocenters. The van der Waals surface area contributed by atoms with Crippen molar-refractivity contribution in [2.75, 3.05) is 51.7 Å². The number of thioether (sulfide) groups is 1. The van der Waals surface area contributed by atoms with Gasteiger partial charge >= 0.3 is 0 Å². The third-order valence-corrected chi connectivity index (χ3v) is 7.62. The van der Waals surface area contributed by atoms with Crippen LogP contribution in [0.25, 0.3) is 0 Å². The first-order chi connectivity index (χ1) is 16.2. The van der Waals surface area contributed by atoms with E-state index in [-0.39, 0.29) is 11.8 Å². The van der Waals surface area contributed by atoms with Gasteiger partial charge in [0.1, 0.15) is 5.75 Å². The second-order valence-corrected chi connectivity index (χ2v) is 10.1. The fraction of sp³-hybridized carbons (Fsp3) is 0.560. The molecule has 0 spiro atoms. The highest BCUT2D eigenvalue weighted by Crippen LogP contribution is 2.32. The van der Waals surface area contributed by atoms with Crippen LogP contribution in [0.4, 0.5) is 0 Å². The number of hydrogen-bond donors (Lipinski definition) is 0. The predicted octanol–water partition coefficient (Wildman–Crippen LogP) is 2.92. The number of piperidine rings is 1. The van der Waals surface area contributed by atoms with Gasteiger partial charge in [-0.3, -0.25) is 9.69 Å². The summed E-state index contributed by atoms with van der Waals surface area (Å²) in [6, 6.07) is 7.95. The number of carbonyl (C=O) groups excluding carboxylic acids is 1. The number of morpholine rings is 1. The number of carbonyl (C=O) groups is 1. The van der Waals surface area contributed by atoms with E-state index < -0.39 is 6.10 Å². The van der Waals surface area contributed by atoms with Crippen LogP contribution in [-0.2, 0) is 16.0 Å². The molecular formula is C25H32N4O3S. The zero-order chi connectivity index (χ0) is 22.6. The molecule has 176 valence electrons. The molecule has 33 heavy (non-hydrogen) atoms. The fourth-order valence-electron chi connectivity index (χ4n) is 4.94. The largest absolute Gasteiger partial charge is 0.480 e. The number of aromatic nitrogens is 2. The minimum atomic E-state index is -0.404. The summed E-state index contributed by atoms with van der Waals surface area (Å²) in [5, 5.41) is 0.835. The van der Waals surface area contributed by atoms with Gasteiger partial charge in [-0.25, -0.2) is 9.97 Å².